The van der Waals surface area contributed by atoms with E-state index in [4.69, 9.17) is 14.5 Å². The number of nitrogens with zero attached hydrogens (tertiary/aromatic N) is 3. The Morgan fingerprint density at radius 2 is 1.79 bits per heavy atom. The Labute approximate surface area is 199 Å². The number of imidazole rings is 1. The smallest absolute Gasteiger partial charge is 0.227 e. The molecular weight excluding hydrogens is 426 g/mol. The van der Waals surface area contributed by atoms with Gasteiger partial charge in [0, 0.05) is 18.9 Å². The highest BCUT2D eigenvalue weighted by atomic mass is 16.5. The molecule has 6 heteroatoms. The Morgan fingerprint density at radius 3 is 2.62 bits per heavy atom. The lowest BCUT2D eigenvalue weighted by Gasteiger charge is -2.20. The van der Waals surface area contributed by atoms with Gasteiger partial charge in [-0.2, -0.15) is 0 Å². The van der Waals surface area contributed by atoms with Crippen molar-refractivity contribution in [2.45, 2.75) is 32.7 Å². The average Bonchev–Trinajstić information content (AvgIpc) is 3.42. The number of methoxy groups -OCH3 is 1. The first-order chi connectivity index (χ1) is 16.5. The Kier molecular flexibility index (Phi) is 5.97. The quantitative estimate of drug-likeness (QED) is 0.381. The molecule has 1 amide bonds. The number of carbonyl (C=O) groups is 1. The van der Waals surface area contributed by atoms with Gasteiger partial charge in [-0.3, -0.25) is 4.79 Å². The number of ether oxygens (including phenoxy) is 2. The second-order valence-electron chi connectivity index (χ2n) is 8.78. The maximum Gasteiger partial charge on any atom is 0.227 e. The van der Waals surface area contributed by atoms with Gasteiger partial charge in [0.1, 0.15) is 23.9 Å². The number of para-hydroxylation sites is 4. The van der Waals surface area contributed by atoms with Crippen molar-refractivity contribution in [1.82, 2.24) is 9.55 Å². The number of benzene rings is 3. The highest BCUT2D eigenvalue weighted by Crippen LogP contribution is 2.37. The van der Waals surface area contributed by atoms with Gasteiger partial charge in [-0.05, 0) is 61.4 Å². The number of hydrogen-bond acceptors (Lipinski definition) is 4. The van der Waals surface area contributed by atoms with Crippen LogP contribution in [-0.2, 0) is 11.3 Å². The van der Waals surface area contributed by atoms with Gasteiger partial charge in [0.15, 0.2) is 0 Å². The van der Waals surface area contributed by atoms with Crippen LogP contribution in [0.4, 0.5) is 5.69 Å². The average molecular weight is 456 g/mol. The minimum absolute atomic E-state index is 0.00793. The van der Waals surface area contributed by atoms with Gasteiger partial charge in [0.05, 0.1) is 30.4 Å². The highest BCUT2D eigenvalue weighted by Gasteiger charge is 2.35. The molecule has 0 bridgehead atoms. The Morgan fingerprint density at radius 1 is 1.00 bits per heavy atom. The van der Waals surface area contributed by atoms with Crippen molar-refractivity contribution in [3.05, 3.63) is 83.7 Å². The van der Waals surface area contributed by atoms with Gasteiger partial charge in [0.2, 0.25) is 5.91 Å². The molecule has 1 atom stereocenters. The molecule has 6 nitrogen and oxygen atoms in total. The van der Waals surface area contributed by atoms with Crippen molar-refractivity contribution in [2.24, 2.45) is 0 Å². The van der Waals surface area contributed by atoms with E-state index in [0.717, 1.165) is 28.3 Å². The summed E-state index contributed by atoms with van der Waals surface area (Å²) in [5, 5.41) is 0. The van der Waals surface area contributed by atoms with E-state index in [1.54, 1.807) is 7.11 Å². The fourth-order valence-corrected chi connectivity index (χ4v) is 4.67. The number of aromatic nitrogens is 2. The first kappa shape index (κ1) is 22.0. The van der Waals surface area contributed by atoms with Crippen LogP contribution in [0, 0.1) is 13.8 Å². The maximum absolute atomic E-state index is 13.0. The van der Waals surface area contributed by atoms with Crippen LogP contribution in [0.5, 0.6) is 11.5 Å². The molecular formula is C28H29N3O3. The number of carbonyl (C=O) groups excluding carboxylic acids is 1. The number of amides is 1. The standard InChI is InChI=1S/C28H29N3O3/c1-19-12-13-22(16-20(19)2)34-15-14-30-24-9-5-4-8-23(24)29-28(30)21-17-27(32)31(18-21)25-10-6-7-11-26(25)33-3/h4-13,16,21H,14-15,17-18H2,1-3H3. The van der Waals surface area contributed by atoms with Crippen molar-refractivity contribution in [2.75, 3.05) is 25.2 Å². The zero-order valence-electron chi connectivity index (χ0n) is 19.8. The van der Waals surface area contributed by atoms with Crippen molar-refractivity contribution < 1.29 is 14.3 Å². The molecule has 1 fully saturated rings. The summed E-state index contributed by atoms with van der Waals surface area (Å²) in [5.74, 6) is 2.57. The van der Waals surface area contributed by atoms with Crippen LogP contribution < -0.4 is 14.4 Å². The molecule has 5 rings (SSSR count). The molecule has 1 unspecified atom stereocenters. The summed E-state index contributed by atoms with van der Waals surface area (Å²) in [5.41, 5.74) is 5.27. The first-order valence-corrected chi connectivity index (χ1v) is 11.6. The van der Waals surface area contributed by atoms with E-state index < -0.39 is 0 Å². The van der Waals surface area contributed by atoms with E-state index in [-0.39, 0.29) is 11.8 Å². The number of rotatable bonds is 7. The third-order valence-electron chi connectivity index (χ3n) is 6.61. The summed E-state index contributed by atoms with van der Waals surface area (Å²) in [6.45, 7) is 5.93. The van der Waals surface area contributed by atoms with Gasteiger partial charge in [-0.25, -0.2) is 4.98 Å². The Balaban J connectivity index is 1.40. The molecule has 4 aromatic rings. The molecule has 0 aliphatic carbocycles. The van der Waals surface area contributed by atoms with Gasteiger partial charge >= 0.3 is 0 Å². The van der Waals surface area contributed by atoms with Crippen LogP contribution >= 0.6 is 0 Å². The Bertz CT molecular complexity index is 1340. The maximum atomic E-state index is 13.0. The van der Waals surface area contributed by atoms with E-state index in [1.807, 2.05) is 53.4 Å². The molecule has 2 heterocycles. The lowest BCUT2D eigenvalue weighted by atomic mass is 10.1. The predicted molar refractivity (Wildman–Crippen MR) is 134 cm³/mol. The van der Waals surface area contributed by atoms with E-state index >= 15 is 0 Å². The zero-order valence-corrected chi connectivity index (χ0v) is 19.8. The number of aryl methyl sites for hydroxylation is 2. The molecule has 1 aromatic heterocycles. The normalized spacial score (nSPS) is 15.8. The zero-order chi connectivity index (χ0) is 23.7. The number of fused-ring (bicyclic) bond motifs is 1. The number of anilines is 1. The van der Waals surface area contributed by atoms with Gasteiger partial charge in [-0.15, -0.1) is 0 Å². The van der Waals surface area contributed by atoms with Crippen LogP contribution in [0.1, 0.15) is 29.3 Å². The van der Waals surface area contributed by atoms with Crippen LogP contribution in [-0.4, -0.2) is 35.7 Å². The summed E-state index contributed by atoms with van der Waals surface area (Å²) in [4.78, 5) is 19.8. The minimum Gasteiger partial charge on any atom is -0.495 e. The lowest BCUT2D eigenvalue weighted by molar-refractivity contribution is -0.117. The molecule has 0 radical (unpaired) electrons. The van der Waals surface area contributed by atoms with Crippen LogP contribution in [0.15, 0.2) is 66.7 Å². The third-order valence-corrected chi connectivity index (χ3v) is 6.61. The van der Waals surface area contributed by atoms with E-state index in [9.17, 15) is 4.79 Å². The molecule has 174 valence electrons. The summed E-state index contributed by atoms with van der Waals surface area (Å²) >= 11 is 0. The first-order valence-electron chi connectivity index (χ1n) is 11.6. The van der Waals surface area contributed by atoms with E-state index in [1.165, 1.54) is 11.1 Å². The van der Waals surface area contributed by atoms with Crippen molar-refractivity contribution in [1.29, 1.82) is 0 Å². The molecule has 1 aliphatic heterocycles. The fraction of sp³-hybridized carbons (Fsp3) is 0.286. The fourth-order valence-electron chi connectivity index (χ4n) is 4.67. The van der Waals surface area contributed by atoms with Crippen molar-refractivity contribution in [3.63, 3.8) is 0 Å². The van der Waals surface area contributed by atoms with E-state index in [0.29, 0.717) is 31.9 Å². The summed E-state index contributed by atoms with van der Waals surface area (Å²) in [6.07, 6.45) is 0.416. The summed E-state index contributed by atoms with van der Waals surface area (Å²) in [6, 6.07) is 21.9. The molecule has 34 heavy (non-hydrogen) atoms. The number of hydrogen-bond donors (Lipinski definition) is 0. The topological polar surface area (TPSA) is 56.6 Å². The molecule has 0 saturated carbocycles. The van der Waals surface area contributed by atoms with Gasteiger partial charge in [0.25, 0.3) is 0 Å². The van der Waals surface area contributed by atoms with Crippen molar-refractivity contribution in [3.8, 4) is 11.5 Å². The molecule has 1 aliphatic rings. The third kappa shape index (κ3) is 4.12. The molecule has 0 spiro atoms. The SMILES string of the molecule is COc1ccccc1N1CC(c2nc3ccccc3n2CCOc2ccc(C)c(C)c2)CC1=O. The lowest BCUT2D eigenvalue weighted by Crippen LogP contribution is -2.25. The summed E-state index contributed by atoms with van der Waals surface area (Å²) in [7, 11) is 1.63. The molecule has 3 aromatic carbocycles. The minimum atomic E-state index is -0.00793. The largest absolute Gasteiger partial charge is 0.495 e. The van der Waals surface area contributed by atoms with Gasteiger partial charge < -0.3 is 18.9 Å². The van der Waals surface area contributed by atoms with Crippen LogP contribution in [0.2, 0.25) is 0 Å². The van der Waals surface area contributed by atoms with Crippen molar-refractivity contribution >= 4 is 22.6 Å². The molecule has 1 saturated heterocycles. The van der Waals surface area contributed by atoms with E-state index in [2.05, 4.69) is 36.6 Å². The monoisotopic (exact) mass is 455 g/mol. The second kappa shape index (κ2) is 9.21. The van der Waals surface area contributed by atoms with Crippen LogP contribution in [0.3, 0.4) is 0 Å². The van der Waals surface area contributed by atoms with Crippen LogP contribution in [0.25, 0.3) is 11.0 Å². The molecule has 0 N–H and O–H groups in total. The van der Waals surface area contributed by atoms with Gasteiger partial charge in [-0.1, -0.05) is 30.3 Å². The second-order valence-corrected chi connectivity index (χ2v) is 8.78. The Hall–Kier alpha value is -3.80. The predicted octanol–water partition coefficient (Wildman–Crippen LogP) is 5.26. The highest BCUT2D eigenvalue weighted by molar-refractivity contribution is 5.97. The summed E-state index contributed by atoms with van der Waals surface area (Å²) < 4.78 is 13.8.